The zero-order valence-electron chi connectivity index (χ0n) is 13.8. The molecule has 122 valence electrons. The fraction of sp³-hybridized carbons (Fsp3) is 0.647. The first-order valence-corrected chi connectivity index (χ1v) is 9.40. The van der Waals surface area contributed by atoms with Crippen LogP contribution in [-0.2, 0) is 11.2 Å². The molecule has 1 fully saturated rings. The van der Waals surface area contributed by atoms with E-state index < -0.39 is 0 Å². The van der Waals surface area contributed by atoms with Gasteiger partial charge in [0.05, 0.1) is 5.75 Å². The Morgan fingerprint density at radius 3 is 2.91 bits per heavy atom. The molecule has 1 N–H and O–H groups in total. The molecule has 0 aromatic carbocycles. The first kappa shape index (κ1) is 17.3. The van der Waals surface area contributed by atoms with Crippen LogP contribution in [0.4, 0.5) is 0 Å². The summed E-state index contributed by atoms with van der Waals surface area (Å²) in [7, 11) is 0. The van der Waals surface area contributed by atoms with Crippen molar-refractivity contribution in [1.82, 2.24) is 15.2 Å². The Labute approximate surface area is 138 Å². The lowest BCUT2D eigenvalue weighted by molar-refractivity contribution is -0.119. The van der Waals surface area contributed by atoms with Crippen LogP contribution in [0.1, 0.15) is 19.5 Å². The van der Waals surface area contributed by atoms with Gasteiger partial charge in [0.2, 0.25) is 5.91 Å². The van der Waals surface area contributed by atoms with E-state index in [0.717, 1.165) is 31.7 Å². The second kappa shape index (κ2) is 8.53. The van der Waals surface area contributed by atoms with Gasteiger partial charge in [0, 0.05) is 44.0 Å². The number of carbonyl (C=O) groups is 1. The number of aromatic nitrogens is 1. The van der Waals surface area contributed by atoms with E-state index in [-0.39, 0.29) is 11.9 Å². The normalized spacial score (nSPS) is 22.2. The molecule has 2 atom stereocenters. The van der Waals surface area contributed by atoms with Crippen molar-refractivity contribution in [1.29, 1.82) is 0 Å². The number of carbonyl (C=O) groups excluding carboxylic acids is 1. The number of hydrogen-bond donors (Lipinski definition) is 1. The maximum atomic E-state index is 11.9. The van der Waals surface area contributed by atoms with Gasteiger partial charge >= 0.3 is 0 Å². The molecule has 1 aromatic rings. The third kappa shape index (κ3) is 4.99. The van der Waals surface area contributed by atoms with Crippen LogP contribution in [0.2, 0.25) is 0 Å². The van der Waals surface area contributed by atoms with Crippen molar-refractivity contribution in [3.63, 3.8) is 0 Å². The van der Waals surface area contributed by atoms with E-state index in [1.54, 1.807) is 11.8 Å². The number of nitrogens with one attached hydrogen (secondary N) is 1. The van der Waals surface area contributed by atoms with Crippen molar-refractivity contribution in [3.8, 4) is 0 Å². The Kier molecular flexibility index (Phi) is 6.70. The van der Waals surface area contributed by atoms with Crippen molar-refractivity contribution >= 4 is 17.7 Å². The third-order valence-electron chi connectivity index (χ3n) is 4.33. The zero-order valence-corrected chi connectivity index (χ0v) is 14.6. The van der Waals surface area contributed by atoms with E-state index in [0.29, 0.717) is 17.6 Å². The highest BCUT2D eigenvalue weighted by molar-refractivity contribution is 7.99. The van der Waals surface area contributed by atoms with Crippen LogP contribution in [0.5, 0.6) is 0 Å². The molecule has 0 radical (unpaired) electrons. The molecule has 5 heteroatoms. The standard InChI is InChI=1S/C17H27N3OS/c1-13(2)15-10-20(9-7-14-6-4-5-8-18-14)11-16(15)19-17(21)12-22-3/h4-6,8,13,15-16H,7,9-12H2,1-3H3,(H,19,21). The van der Waals surface area contributed by atoms with Crippen molar-refractivity contribution < 1.29 is 4.79 Å². The van der Waals surface area contributed by atoms with Gasteiger partial charge in [-0.2, -0.15) is 11.8 Å². The molecule has 0 aliphatic carbocycles. The molecular weight excluding hydrogens is 294 g/mol. The average Bonchev–Trinajstić information content (AvgIpc) is 2.89. The summed E-state index contributed by atoms with van der Waals surface area (Å²) < 4.78 is 0. The predicted octanol–water partition coefficient (Wildman–Crippen LogP) is 2.06. The molecule has 1 saturated heterocycles. The van der Waals surface area contributed by atoms with E-state index in [2.05, 4.69) is 35.1 Å². The summed E-state index contributed by atoms with van der Waals surface area (Å²) in [6.07, 6.45) is 4.78. The van der Waals surface area contributed by atoms with Gasteiger partial charge in [-0.15, -0.1) is 0 Å². The van der Waals surface area contributed by atoms with Crippen LogP contribution >= 0.6 is 11.8 Å². The van der Waals surface area contributed by atoms with E-state index in [1.807, 2.05) is 24.6 Å². The topological polar surface area (TPSA) is 45.2 Å². The number of thioether (sulfide) groups is 1. The fourth-order valence-corrected chi connectivity index (χ4v) is 3.47. The summed E-state index contributed by atoms with van der Waals surface area (Å²) in [5, 5.41) is 3.22. The highest BCUT2D eigenvalue weighted by atomic mass is 32.2. The van der Waals surface area contributed by atoms with Gasteiger partial charge in [-0.3, -0.25) is 9.78 Å². The van der Waals surface area contributed by atoms with Gasteiger partial charge in [0.25, 0.3) is 0 Å². The van der Waals surface area contributed by atoms with Crippen molar-refractivity contribution in [2.24, 2.45) is 11.8 Å². The number of likely N-dealkylation sites (tertiary alicyclic amines) is 1. The zero-order chi connectivity index (χ0) is 15.9. The molecule has 4 nitrogen and oxygen atoms in total. The second-order valence-electron chi connectivity index (χ2n) is 6.35. The molecule has 0 saturated carbocycles. The lowest BCUT2D eigenvalue weighted by atomic mass is 9.91. The predicted molar refractivity (Wildman–Crippen MR) is 93.0 cm³/mol. The van der Waals surface area contributed by atoms with Crippen LogP contribution in [-0.4, -0.2) is 53.5 Å². The molecule has 22 heavy (non-hydrogen) atoms. The minimum absolute atomic E-state index is 0.162. The Balaban J connectivity index is 1.88. The van der Waals surface area contributed by atoms with Crippen LogP contribution in [0.3, 0.4) is 0 Å². The van der Waals surface area contributed by atoms with Crippen molar-refractivity contribution in [2.75, 3.05) is 31.6 Å². The van der Waals surface area contributed by atoms with Gasteiger partial charge in [0.15, 0.2) is 0 Å². The lowest BCUT2D eigenvalue weighted by Crippen LogP contribution is -2.42. The Morgan fingerprint density at radius 2 is 2.27 bits per heavy atom. The summed E-state index contributed by atoms with van der Waals surface area (Å²) in [5.74, 6) is 1.83. The Morgan fingerprint density at radius 1 is 1.45 bits per heavy atom. The summed E-state index contributed by atoms with van der Waals surface area (Å²) >= 11 is 1.58. The number of rotatable bonds is 7. The summed E-state index contributed by atoms with van der Waals surface area (Å²) in [6.45, 7) is 7.53. The summed E-state index contributed by atoms with van der Waals surface area (Å²) in [5.41, 5.74) is 1.14. The number of amides is 1. The van der Waals surface area contributed by atoms with E-state index in [9.17, 15) is 4.79 Å². The summed E-state index contributed by atoms with van der Waals surface area (Å²) in [4.78, 5) is 18.7. The summed E-state index contributed by atoms with van der Waals surface area (Å²) in [6, 6.07) is 6.34. The number of pyridine rings is 1. The van der Waals surface area contributed by atoms with Gasteiger partial charge in [0.1, 0.15) is 0 Å². The quantitative estimate of drug-likeness (QED) is 0.835. The third-order valence-corrected chi connectivity index (χ3v) is 4.88. The number of hydrogen-bond acceptors (Lipinski definition) is 4. The Bertz CT molecular complexity index is 466. The molecule has 1 aromatic heterocycles. The maximum Gasteiger partial charge on any atom is 0.230 e. The molecule has 2 rings (SSSR count). The van der Waals surface area contributed by atoms with Crippen molar-refractivity contribution in [3.05, 3.63) is 30.1 Å². The van der Waals surface area contributed by atoms with Crippen LogP contribution < -0.4 is 5.32 Å². The molecular formula is C17H27N3OS. The number of nitrogens with zero attached hydrogens (tertiary/aromatic N) is 2. The Hall–Kier alpha value is -1.07. The molecule has 1 aliphatic rings. The fourth-order valence-electron chi connectivity index (χ4n) is 3.12. The van der Waals surface area contributed by atoms with Crippen LogP contribution in [0.15, 0.2) is 24.4 Å². The van der Waals surface area contributed by atoms with E-state index in [4.69, 9.17) is 0 Å². The molecule has 1 amide bonds. The first-order valence-electron chi connectivity index (χ1n) is 8.00. The first-order chi connectivity index (χ1) is 10.6. The van der Waals surface area contributed by atoms with Gasteiger partial charge in [-0.05, 0) is 30.2 Å². The monoisotopic (exact) mass is 321 g/mol. The smallest absolute Gasteiger partial charge is 0.230 e. The lowest BCUT2D eigenvalue weighted by Gasteiger charge is -2.22. The highest BCUT2D eigenvalue weighted by Crippen LogP contribution is 2.24. The molecule has 2 unspecified atom stereocenters. The van der Waals surface area contributed by atoms with Crippen LogP contribution in [0, 0.1) is 11.8 Å². The molecule has 2 heterocycles. The minimum Gasteiger partial charge on any atom is -0.351 e. The SMILES string of the molecule is CSCC(=O)NC1CN(CCc2ccccn2)CC1C(C)C. The second-order valence-corrected chi connectivity index (χ2v) is 7.21. The van der Waals surface area contributed by atoms with Crippen LogP contribution in [0.25, 0.3) is 0 Å². The largest absolute Gasteiger partial charge is 0.351 e. The maximum absolute atomic E-state index is 11.9. The molecule has 0 bridgehead atoms. The molecule has 0 spiro atoms. The van der Waals surface area contributed by atoms with Crippen molar-refractivity contribution in [2.45, 2.75) is 26.3 Å². The van der Waals surface area contributed by atoms with Gasteiger partial charge < -0.3 is 10.2 Å². The van der Waals surface area contributed by atoms with E-state index in [1.165, 1.54) is 0 Å². The minimum atomic E-state index is 0.162. The average molecular weight is 321 g/mol. The highest BCUT2D eigenvalue weighted by Gasteiger charge is 2.35. The van der Waals surface area contributed by atoms with Gasteiger partial charge in [-0.1, -0.05) is 19.9 Å². The molecule has 1 aliphatic heterocycles. The van der Waals surface area contributed by atoms with E-state index >= 15 is 0 Å². The van der Waals surface area contributed by atoms with Gasteiger partial charge in [-0.25, -0.2) is 0 Å².